The summed E-state index contributed by atoms with van der Waals surface area (Å²) in [7, 11) is 3.36. The third-order valence-electron chi connectivity index (χ3n) is 3.94. The average molecular weight is 278 g/mol. The Bertz CT molecular complexity index is 360. The molecule has 0 radical (unpaired) electrons. The van der Waals surface area contributed by atoms with Gasteiger partial charge in [-0.05, 0) is 31.5 Å². The summed E-state index contributed by atoms with van der Waals surface area (Å²) in [5, 5.41) is 3.53. The lowest BCUT2D eigenvalue weighted by Crippen LogP contribution is -2.44. The molecule has 112 valence electrons. The summed E-state index contributed by atoms with van der Waals surface area (Å²) in [6, 6.07) is 11.3. The molecule has 1 fully saturated rings. The van der Waals surface area contributed by atoms with E-state index < -0.39 is 0 Å². The second-order valence-corrected chi connectivity index (χ2v) is 5.35. The number of benzene rings is 1. The van der Waals surface area contributed by atoms with Gasteiger partial charge >= 0.3 is 0 Å². The first-order chi connectivity index (χ1) is 9.81. The van der Waals surface area contributed by atoms with Crippen molar-refractivity contribution in [3.63, 3.8) is 0 Å². The topological polar surface area (TPSA) is 33.7 Å². The number of nitrogens with one attached hydrogen (secondary N) is 1. The number of hydrogen-bond donors (Lipinski definition) is 1. The van der Waals surface area contributed by atoms with Crippen molar-refractivity contribution in [1.29, 1.82) is 0 Å². The molecule has 1 N–H and O–H groups in total. The molecule has 1 aliphatic rings. The zero-order valence-electron chi connectivity index (χ0n) is 12.5. The van der Waals surface area contributed by atoms with E-state index in [1.807, 2.05) is 0 Å². The maximum atomic E-state index is 5.20. The smallest absolute Gasteiger partial charge is 0.169 e. The minimum atomic E-state index is -0.141. The van der Waals surface area contributed by atoms with Gasteiger partial charge in [-0.3, -0.25) is 4.90 Å². The van der Waals surface area contributed by atoms with Gasteiger partial charge in [0.15, 0.2) is 6.29 Å². The molecule has 1 aromatic carbocycles. The van der Waals surface area contributed by atoms with Crippen molar-refractivity contribution < 1.29 is 9.47 Å². The van der Waals surface area contributed by atoms with E-state index in [2.05, 4.69) is 40.5 Å². The van der Waals surface area contributed by atoms with Crippen molar-refractivity contribution in [2.24, 2.45) is 0 Å². The molecular weight excluding hydrogens is 252 g/mol. The van der Waals surface area contributed by atoms with E-state index in [4.69, 9.17) is 9.47 Å². The summed E-state index contributed by atoms with van der Waals surface area (Å²) in [5.74, 6) is 0. The molecule has 4 heteroatoms. The Labute approximate surface area is 122 Å². The van der Waals surface area contributed by atoms with Crippen molar-refractivity contribution in [1.82, 2.24) is 10.2 Å². The van der Waals surface area contributed by atoms with Gasteiger partial charge in [0.05, 0.1) is 0 Å². The van der Waals surface area contributed by atoms with Crippen LogP contribution in [-0.2, 0) is 16.0 Å². The zero-order valence-corrected chi connectivity index (χ0v) is 12.5. The number of nitrogens with zero attached hydrogens (tertiary/aromatic N) is 1. The number of hydrogen-bond acceptors (Lipinski definition) is 4. The number of rotatable bonds is 7. The Morgan fingerprint density at radius 2 is 1.80 bits per heavy atom. The van der Waals surface area contributed by atoms with Crippen LogP contribution in [0.15, 0.2) is 30.3 Å². The molecule has 0 saturated carbocycles. The maximum absolute atomic E-state index is 5.20. The lowest BCUT2D eigenvalue weighted by atomic mass is 10.0. The lowest BCUT2D eigenvalue weighted by Gasteiger charge is -2.33. The second kappa shape index (κ2) is 8.37. The second-order valence-electron chi connectivity index (χ2n) is 5.35. The summed E-state index contributed by atoms with van der Waals surface area (Å²) < 4.78 is 10.4. The van der Waals surface area contributed by atoms with Crippen molar-refractivity contribution >= 4 is 0 Å². The minimum Gasteiger partial charge on any atom is -0.355 e. The van der Waals surface area contributed by atoms with E-state index in [1.165, 1.54) is 18.4 Å². The molecule has 0 atom stereocenters. The average Bonchev–Trinajstić information content (AvgIpc) is 2.51. The number of ether oxygens (including phenoxy) is 2. The predicted octanol–water partition coefficient (Wildman–Crippen LogP) is 1.86. The van der Waals surface area contributed by atoms with Crippen LogP contribution in [0.5, 0.6) is 0 Å². The molecule has 1 aliphatic heterocycles. The monoisotopic (exact) mass is 278 g/mol. The van der Waals surface area contributed by atoms with Crippen LogP contribution >= 0.6 is 0 Å². The fourth-order valence-electron chi connectivity index (χ4n) is 2.66. The van der Waals surface area contributed by atoms with Crippen molar-refractivity contribution in [3.05, 3.63) is 35.9 Å². The molecule has 0 spiro atoms. The van der Waals surface area contributed by atoms with Gasteiger partial charge < -0.3 is 14.8 Å². The van der Waals surface area contributed by atoms with Gasteiger partial charge in [-0.2, -0.15) is 0 Å². The predicted molar refractivity (Wildman–Crippen MR) is 80.5 cm³/mol. The summed E-state index contributed by atoms with van der Waals surface area (Å²) >= 11 is 0. The Hall–Kier alpha value is -0.940. The Kier molecular flexibility index (Phi) is 6.47. The fourth-order valence-corrected chi connectivity index (χ4v) is 2.66. The maximum Gasteiger partial charge on any atom is 0.169 e. The summed E-state index contributed by atoms with van der Waals surface area (Å²) in [6.07, 6.45) is 2.23. The quantitative estimate of drug-likeness (QED) is 0.772. The molecule has 1 aromatic rings. The van der Waals surface area contributed by atoms with Crippen molar-refractivity contribution in [2.45, 2.75) is 31.7 Å². The summed E-state index contributed by atoms with van der Waals surface area (Å²) in [6.45, 7) is 4.12. The van der Waals surface area contributed by atoms with E-state index in [1.54, 1.807) is 14.2 Å². The third kappa shape index (κ3) is 4.87. The highest BCUT2D eigenvalue weighted by molar-refractivity contribution is 5.14. The van der Waals surface area contributed by atoms with Gasteiger partial charge in [0.25, 0.3) is 0 Å². The van der Waals surface area contributed by atoms with Crippen LogP contribution < -0.4 is 5.32 Å². The largest absolute Gasteiger partial charge is 0.355 e. The van der Waals surface area contributed by atoms with Gasteiger partial charge in [0, 0.05) is 33.4 Å². The molecule has 0 aromatic heterocycles. The Morgan fingerprint density at radius 3 is 2.40 bits per heavy atom. The van der Waals surface area contributed by atoms with Gasteiger partial charge in [0.2, 0.25) is 0 Å². The number of likely N-dealkylation sites (tertiary alicyclic amines) is 1. The Morgan fingerprint density at radius 1 is 1.15 bits per heavy atom. The normalized spacial score (nSPS) is 17.8. The van der Waals surface area contributed by atoms with Crippen molar-refractivity contribution in [2.75, 3.05) is 33.9 Å². The van der Waals surface area contributed by atoms with Crippen LogP contribution in [0.25, 0.3) is 0 Å². The highest BCUT2D eigenvalue weighted by atomic mass is 16.7. The van der Waals surface area contributed by atoms with Crippen LogP contribution in [0.1, 0.15) is 18.4 Å². The van der Waals surface area contributed by atoms with E-state index >= 15 is 0 Å². The zero-order chi connectivity index (χ0) is 14.2. The summed E-state index contributed by atoms with van der Waals surface area (Å²) in [5.41, 5.74) is 1.40. The highest BCUT2D eigenvalue weighted by Crippen LogP contribution is 2.13. The summed E-state index contributed by atoms with van der Waals surface area (Å²) in [4.78, 5) is 2.53. The van der Waals surface area contributed by atoms with Crippen LogP contribution in [0.2, 0.25) is 0 Å². The van der Waals surface area contributed by atoms with E-state index in [-0.39, 0.29) is 6.29 Å². The van der Waals surface area contributed by atoms with Gasteiger partial charge in [-0.15, -0.1) is 0 Å². The first-order valence-electron chi connectivity index (χ1n) is 7.37. The molecule has 0 amide bonds. The van der Waals surface area contributed by atoms with Crippen LogP contribution in [0.3, 0.4) is 0 Å². The first-order valence-corrected chi connectivity index (χ1v) is 7.37. The SMILES string of the molecule is COC(CNC1CCN(Cc2ccccc2)CC1)OC. The third-order valence-corrected chi connectivity index (χ3v) is 3.94. The van der Waals surface area contributed by atoms with E-state index in [0.717, 1.165) is 26.2 Å². The number of piperidine rings is 1. The van der Waals surface area contributed by atoms with Gasteiger partial charge in [0.1, 0.15) is 0 Å². The van der Waals surface area contributed by atoms with Gasteiger partial charge in [-0.25, -0.2) is 0 Å². The molecule has 1 heterocycles. The molecule has 0 unspecified atom stereocenters. The highest BCUT2D eigenvalue weighted by Gasteiger charge is 2.19. The van der Waals surface area contributed by atoms with Gasteiger partial charge in [-0.1, -0.05) is 30.3 Å². The minimum absolute atomic E-state index is 0.141. The fraction of sp³-hybridized carbons (Fsp3) is 0.625. The van der Waals surface area contributed by atoms with Crippen LogP contribution in [-0.4, -0.2) is 51.1 Å². The number of methoxy groups -OCH3 is 2. The van der Waals surface area contributed by atoms with E-state index in [9.17, 15) is 0 Å². The Balaban J connectivity index is 1.67. The van der Waals surface area contributed by atoms with Crippen molar-refractivity contribution in [3.8, 4) is 0 Å². The van der Waals surface area contributed by atoms with Crippen LogP contribution in [0, 0.1) is 0 Å². The molecule has 0 bridgehead atoms. The molecule has 20 heavy (non-hydrogen) atoms. The molecule has 4 nitrogen and oxygen atoms in total. The van der Waals surface area contributed by atoms with Crippen LogP contribution in [0.4, 0.5) is 0 Å². The standard InChI is InChI=1S/C16H26N2O2/c1-19-16(20-2)12-17-15-8-10-18(11-9-15)13-14-6-4-3-5-7-14/h3-7,15-17H,8-13H2,1-2H3. The molecule has 2 rings (SSSR count). The lowest BCUT2D eigenvalue weighted by molar-refractivity contribution is -0.100. The van der Waals surface area contributed by atoms with E-state index in [0.29, 0.717) is 6.04 Å². The first kappa shape index (κ1) is 15.4. The molecular formula is C16H26N2O2. The molecule has 0 aliphatic carbocycles. The molecule has 1 saturated heterocycles.